The van der Waals surface area contributed by atoms with Crippen molar-refractivity contribution in [1.29, 1.82) is 0 Å². The van der Waals surface area contributed by atoms with Crippen molar-refractivity contribution in [2.45, 2.75) is 25.8 Å². The maximum absolute atomic E-state index is 11.8. The molecule has 1 heterocycles. The summed E-state index contributed by atoms with van der Waals surface area (Å²) in [5, 5.41) is 5.71. The molecule has 0 spiro atoms. The van der Waals surface area contributed by atoms with Crippen LogP contribution >= 0.6 is 0 Å². The molecule has 2 N–H and O–H groups in total. The number of nitrogens with one attached hydrogen (secondary N) is 2. The third-order valence-corrected chi connectivity index (χ3v) is 2.63. The highest BCUT2D eigenvalue weighted by atomic mass is 16.2. The van der Waals surface area contributed by atoms with E-state index in [1.165, 1.54) is 0 Å². The van der Waals surface area contributed by atoms with Gasteiger partial charge in [0.25, 0.3) is 0 Å². The predicted molar refractivity (Wildman–Crippen MR) is 57.3 cm³/mol. The summed E-state index contributed by atoms with van der Waals surface area (Å²) in [6.45, 7) is 3.79. The Hall–Kier alpha value is -1.10. The summed E-state index contributed by atoms with van der Waals surface area (Å²) in [4.78, 5) is 25.0. The van der Waals surface area contributed by atoms with Crippen molar-refractivity contribution in [3.8, 4) is 0 Å². The van der Waals surface area contributed by atoms with Gasteiger partial charge < -0.3 is 15.5 Å². The highest BCUT2D eigenvalue weighted by molar-refractivity contribution is 5.88. The first-order chi connectivity index (χ1) is 7.20. The quantitative estimate of drug-likeness (QED) is 0.651. The molecule has 0 radical (unpaired) electrons. The van der Waals surface area contributed by atoms with Gasteiger partial charge in [0.2, 0.25) is 11.8 Å². The van der Waals surface area contributed by atoms with Gasteiger partial charge in [-0.2, -0.15) is 0 Å². The van der Waals surface area contributed by atoms with E-state index < -0.39 is 0 Å². The van der Waals surface area contributed by atoms with Gasteiger partial charge in [-0.3, -0.25) is 9.59 Å². The highest BCUT2D eigenvalue weighted by Gasteiger charge is 2.30. The van der Waals surface area contributed by atoms with Crippen LogP contribution < -0.4 is 10.6 Å². The van der Waals surface area contributed by atoms with Crippen molar-refractivity contribution < 1.29 is 9.59 Å². The molecule has 15 heavy (non-hydrogen) atoms. The Balaban J connectivity index is 2.57. The molecule has 1 unspecified atom stereocenters. The first-order valence-corrected chi connectivity index (χ1v) is 5.42. The Morgan fingerprint density at radius 3 is 3.00 bits per heavy atom. The molecule has 1 saturated heterocycles. The molecule has 5 heteroatoms. The number of hydrogen-bond donors (Lipinski definition) is 2. The molecule has 0 bridgehead atoms. The van der Waals surface area contributed by atoms with Crippen LogP contribution in [0.1, 0.15) is 19.8 Å². The van der Waals surface area contributed by atoms with Gasteiger partial charge in [0.1, 0.15) is 6.04 Å². The monoisotopic (exact) mass is 213 g/mol. The van der Waals surface area contributed by atoms with Crippen molar-refractivity contribution >= 4 is 11.8 Å². The van der Waals surface area contributed by atoms with Gasteiger partial charge in [-0.1, -0.05) is 6.92 Å². The highest BCUT2D eigenvalue weighted by Crippen LogP contribution is 2.09. The van der Waals surface area contributed by atoms with Gasteiger partial charge in [0.05, 0.1) is 0 Å². The van der Waals surface area contributed by atoms with Crippen LogP contribution in [0.3, 0.4) is 0 Å². The Labute approximate surface area is 90.2 Å². The molecule has 1 aliphatic rings. The lowest BCUT2D eigenvalue weighted by Crippen LogP contribution is -2.57. The second-order valence-corrected chi connectivity index (χ2v) is 3.66. The Bertz CT molecular complexity index is 243. The first-order valence-electron chi connectivity index (χ1n) is 5.42. The summed E-state index contributed by atoms with van der Waals surface area (Å²) >= 11 is 0. The number of carbonyl (C=O) groups is 2. The Kier molecular flexibility index (Phi) is 4.55. The third kappa shape index (κ3) is 2.92. The average molecular weight is 213 g/mol. The van der Waals surface area contributed by atoms with Crippen LogP contribution in [0.5, 0.6) is 0 Å². The van der Waals surface area contributed by atoms with E-state index in [2.05, 4.69) is 10.6 Å². The molecule has 1 rings (SSSR count). The second-order valence-electron chi connectivity index (χ2n) is 3.66. The summed E-state index contributed by atoms with van der Waals surface area (Å²) in [6, 6.07) is -0.275. The molecule has 0 aromatic heterocycles. The smallest absolute Gasteiger partial charge is 0.242 e. The zero-order valence-corrected chi connectivity index (χ0v) is 9.38. The lowest BCUT2D eigenvalue weighted by molar-refractivity contribution is -0.143. The fourth-order valence-corrected chi connectivity index (χ4v) is 1.79. The van der Waals surface area contributed by atoms with E-state index in [0.717, 1.165) is 0 Å². The van der Waals surface area contributed by atoms with Crippen molar-refractivity contribution in [2.75, 3.05) is 26.7 Å². The van der Waals surface area contributed by atoms with Crippen molar-refractivity contribution in [2.24, 2.45) is 0 Å². The van der Waals surface area contributed by atoms with E-state index in [0.29, 0.717) is 32.5 Å². The molecule has 86 valence electrons. The summed E-state index contributed by atoms with van der Waals surface area (Å²) in [7, 11) is 1.81. The number of amides is 2. The number of hydrogen-bond acceptors (Lipinski definition) is 3. The van der Waals surface area contributed by atoms with E-state index in [4.69, 9.17) is 0 Å². The van der Waals surface area contributed by atoms with Crippen molar-refractivity contribution in [3.63, 3.8) is 0 Å². The van der Waals surface area contributed by atoms with Gasteiger partial charge in [-0.15, -0.1) is 0 Å². The van der Waals surface area contributed by atoms with Gasteiger partial charge in [-0.05, 0) is 13.5 Å². The van der Waals surface area contributed by atoms with E-state index >= 15 is 0 Å². The summed E-state index contributed by atoms with van der Waals surface area (Å²) in [5.74, 6) is 0.0348. The second kappa shape index (κ2) is 5.70. The summed E-state index contributed by atoms with van der Waals surface area (Å²) in [6.07, 6.45) is 1.14. The fraction of sp³-hybridized carbons (Fsp3) is 0.800. The van der Waals surface area contributed by atoms with E-state index in [9.17, 15) is 9.59 Å². The lowest BCUT2D eigenvalue weighted by atomic mass is 10.1. The molecule has 1 atom stereocenters. The number of nitrogens with zero attached hydrogens (tertiary/aromatic N) is 1. The van der Waals surface area contributed by atoms with Gasteiger partial charge in [0.15, 0.2) is 0 Å². The van der Waals surface area contributed by atoms with Gasteiger partial charge >= 0.3 is 0 Å². The van der Waals surface area contributed by atoms with Crippen LogP contribution in [0.15, 0.2) is 0 Å². The Morgan fingerprint density at radius 2 is 2.40 bits per heavy atom. The fourth-order valence-electron chi connectivity index (χ4n) is 1.79. The maximum atomic E-state index is 11.8. The van der Waals surface area contributed by atoms with E-state index in [1.807, 2.05) is 14.0 Å². The van der Waals surface area contributed by atoms with Crippen molar-refractivity contribution in [3.05, 3.63) is 0 Å². The molecule has 0 saturated carbocycles. The minimum absolute atomic E-state index is 0.0263. The third-order valence-electron chi connectivity index (χ3n) is 2.63. The topological polar surface area (TPSA) is 61.4 Å². The lowest BCUT2D eigenvalue weighted by Gasteiger charge is -2.34. The first kappa shape index (κ1) is 12.0. The largest absolute Gasteiger partial charge is 0.353 e. The molecule has 0 aromatic carbocycles. The Morgan fingerprint density at radius 1 is 1.67 bits per heavy atom. The SMILES string of the molecule is CCC1C(=O)NCCN1C(=O)CCNC. The molecule has 2 amide bonds. The summed E-state index contributed by atoms with van der Waals surface area (Å²) in [5.41, 5.74) is 0. The standard InChI is InChI=1S/C10H19N3O2/c1-3-8-10(15)12-6-7-13(8)9(14)4-5-11-2/h8,11H,3-7H2,1-2H3,(H,12,15). The summed E-state index contributed by atoms with van der Waals surface area (Å²) < 4.78 is 0. The zero-order chi connectivity index (χ0) is 11.3. The normalized spacial score (nSPS) is 21.3. The number of rotatable bonds is 4. The molecular formula is C10H19N3O2. The minimum atomic E-state index is -0.275. The van der Waals surface area contributed by atoms with Crippen LogP contribution in [-0.4, -0.2) is 49.4 Å². The molecule has 1 aliphatic heterocycles. The zero-order valence-electron chi connectivity index (χ0n) is 9.38. The average Bonchev–Trinajstić information content (AvgIpc) is 2.25. The molecular weight excluding hydrogens is 194 g/mol. The predicted octanol–water partition coefficient (Wildman–Crippen LogP) is -0.667. The number of piperazine rings is 1. The van der Waals surface area contributed by atoms with Crippen LogP contribution in [0.25, 0.3) is 0 Å². The molecule has 1 fully saturated rings. The van der Waals surface area contributed by atoms with Crippen molar-refractivity contribution in [1.82, 2.24) is 15.5 Å². The number of carbonyl (C=O) groups excluding carboxylic acids is 2. The van der Waals surface area contributed by atoms with E-state index in [1.54, 1.807) is 4.90 Å². The molecule has 0 aliphatic carbocycles. The molecule has 0 aromatic rings. The van der Waals surface area contributed by atoms with Crippen LogP contribution in [0.2, 0.25) is 0 Å². The van der Waals surface area contributed by atoms with Crippen LogP contribution in [0, 0.1) is 0 Å². The van der Waals surface area contributed by atoms with Gasteiger partial charge in [-0.25, -0.2) is 0 Å². The molecule has 5 nitrogen and oxygen atoms in total. The van der Waals surface area contributed by atoms with E-state index in [-0.39, 0.29) is 17.9 Å². The maximum Gasteiger partial charge on any atom is 0.242 e. The van der Waals surface area contributed by atoms with Crippen LogP contribution in [0.4, 0.5) is 0 Å². The minimum Gasteiger partial charge on any atom is -0.353 e. The van der Waals surface area contributed by atoms with Crippen LogP contribution in [-0.2, 0) is 9.59 Å². The van der Waals surface area contributed by atoms with Gasteiger partial charge in [0, 0.05) is 26.1 Å².